The number of amides is 2. The van der Waals surface area contributed by atoms with E-state index >= 15 is 0 Å². The third kappa shape index (κ3) is 8.54. The SMILES string of the molecule is COc1cccc(CN(C(=O)CN(c2cc(C)ccc2C)S(=O)(=O)c2ccc(C)cc2)[C@@H](Cc2ccccc2)C(=O)NC(C)C)c1. The zero-order valence-corrected chi connectivity index (χ0v) is 28.2. The summed E-state index contributed by atoms with van der Waals surface area (Å²) < 4.78 is 35.2. The van der Waals surface area contributed by atoms with Crippen molar-refractivity contribution in [3.63, 3.8) is 0 Å². The van der Waals surface area contributed by atoms with E-state index in [1.54, 1.807) is 43.5 Å². The van der Waals surface area contributed by atoms with Gasteiger partial charge in [-0.05, 0) is 87.2 Å². The lowest BCUT2D eigenvalue weighted by Gasteiger charge is -2.34. The van der Waals surface area contributed by atoms with Gasteiger partial charge in [-0.25, -0.2) is 8.42 Å². The van der Waals surface area contributed by atoms with Gasteiger partial charge in [0.2, 0.25) is 11.8 Å². The summed E-state index contributed by atoms with van der Waals surface area (Å²) in [6.07, 6.45) is 0.239. The fourth-order valence-electron chi connectivity index (χ4n) is 5.24. The fourth-order valence-corrected chi connectivity index (χ4v) is 6.71. The van der Waals surface area contributed by atoms with Crippen LogP contribution in [0.25, 0.3) is 0 Å². The number of anilines is 1. The molecular weight excluding hydrogens is 598 g/mol. The molecule has 4 aromatic rings. The minimum atomic E-state index is -4.18. The zero-order chi connectivity index (χ0) is 33.4. The highest BCUT2D eigenvalue weighted by molar-refractivity contribution is 7.92. The number of hydrogen-bond donors (Lipinski definition) is 1. The number of hydrogen-bond acceptors (Lipinski definition) is 5. The van der Waals surface area contributed by atoms with Gasteiger partial charge in [0.25, 0.3) is 10.0 Å². The van der Waals surface area contributed by atoms with Crippen molar-refractivity contribution in [3.8, 4) is 5.75 Å². The van der Waals surface area contributed by atoms with E-state index in [0.29, 0.717) is 17.0 Å². The van der Waals surface area contributed by atoms with Crippen LogP contribution in [0, 0.1) is 20.8 Å². The van der Waals surface area contributed by atoms with Crippen LogP contribution in [0.15, 0.2) is 102 Å². The molecule has 0 aliphatic carbocycles. The topological polar surface area (TPSA) is 96.0 Å². The quantitative estimate of drug-likeness (QED) is 0.194. The summed E-state index contributed by atoms with van der Waals surface area (Å²) >= 11 is 0. The van der Waals surface area contributed by atoms with Gasteiger partial charge in [-0.2, -0.15) is 0 Å². The molecule has 4 rings (SSSR count). The van der Waals surface area contributed by atoms with Gasteiger partial charge in [0.05, 0.1) is 17.7 Å². The average molecular weight is 642 g/mol. The number of aryl methyl sites for hydroxylation is 3. The summed E-state index contributed by atoms with van der Waals surface area (Å²) in [6, 6.07) is 27.8. The first-order chi connectivity index (χ1) is 21.9. The number of carbonyl (C=O) groups is 2. The summed E-state index contributed by atoms with van der Waals surface area (Å²) in [5.41, 5.74) is 4.48. The van der Waals surface area contributed by atoms with Gasteiger partial charge in [0, 0.05) is 19.0 Å². The molecule has 242 valence electrons. The Morgan fingerprint density at radius 1 is 0.804 bits per heavy atom. The maximum Gasteiger partial charge on any atom is 0.264 e. The van der Waals surface area contributed by atoms with Crippen molar-refractivity contribution in [2.45, 2.75) is 64.6 Å². The van der Waals surface area contributed by atoms with Crippen LogP contribution in [0.5, 0.6) is 5.75 Å². The molecule has 2 amide bonds. The number of nitrogens with one attached hydrogen (secondary N) is 1. The van der Waals surface area contributed by atoms with E-state index in [9.17, 15) is 18.0 Å². The molecule has 0 aliphatic rings. The van der Waals surface area contributed by atoms with E-state index in [1.807, 2.05) is 95.3 Å². The Kier molecular flexibility index (Phi) is 11.2. The number of sulfonamides is 1. The van der Waals surface area contributed by atoms with Crippen molar-refractivity contribution in [2.75, 3.05) is 18.0 Å². The van der Waals surface area contributed by atoms with Crippen molar-refractivity contribution in [1.29, 1.82) is 0 Å². The van der Waals surface area contributed by atoms with Crippen LogP contribution in [-0.2, 0) is 32.6 Å². The molecule has 0 fully saturated rings. The Balaban J connectivity index is 1.84. The van der Waals surface area contributed by atoms with E-state index in [-0.39, 0.29) is 29.8 Å². The summed E-state index contributed by atoms with van der Waals surface area (Å²) in [6.45, 7) is 8.86. The van der Waals surface area contributed by atoms with Crippen molar-refractivity contribution in [2.24, 2.45) is 0 Å². The highest BCUT2D eigenvalue weighted by Crippen LogP contribution is 2.29. The first-order valence-corrected chi connectivity index (χ1v) is 16.8. The summed E-state index contributed by atoms with van der Waals surface area (Å²) in [5.74, 6) is -0.232. The zero-order valence-electron chi connectivity index (χ0n) is 27.4. The fraction of sp³-hybridized carbons (Fsp3) is 0.297. The number of benzene rings is 4. The van der Waals surface area contributed by atoms with Gasteiger partial charge >= 0.3 is 0 Å². The lowest BCUT2D eigenvalue weighted by atomic mass is 10.0. The molecule has 0 unspecified atom stereocenters. The van der Waals surface area contributed by atoms with Gasteiger partial charge in [-0.1, -0.05) is 72.3 Å². The second-order valence-corrected chi connectivity index (χ2v) is 13.7. The molecule has 1 N–H and O–H groups in total. The third-order valence-corrected chi connectivity index (χ3v) is 9.48. The Hall–Kier alpha value is -4.63. The monoisotopic (exact) mass is 641 g/mol. The van der Waals surface area contributed by atoms with Crippen molar-refractivity contribution in [3.05, 3.63) is 125 Å². The van der Waals surface area contributed by atoms with E-state index in [2.05, 4.69) is 5.32 Å². The molecule has 4 aromatic carbocycles. The summed E-state index contributed by atoms with van der Waals surface area (Å²) in [4.78, 5) is 30.1. The highest BCUT2D eigenvalue weighted by Gasteiger charge is 2.35. The minimum absolute atomic E-state index is 0.0598. The third-order valence-electron chi connectivity index (χ3n) is 7.71. The van der Waals surface area contributed by atoms with Gasteiger partial charge in [0.15, 0.2) is 0 Å². The lowest BCUT2D eigenvalue weighted by Crippen LogP contribution is -2.54. The second kappa shape index (κ2) is 15.1. The molecule has 0 bridgehead atoms. The van der Waals surface area contributed by atoms with E-state index in [1.165, 1.54) is 9.21 Å². The highest BCUT2D eigenvalue weighted by atomic mass is 32.2. The molecule has 1 atom stereocenters. The largest absolute Gasteiger partial charge is 0.497 e. The maximum absolute atomic E-state index is 14.6. The molecule has 9 heteroatoms. The van der Waals surface area contributed by atoms with Crippen molar-refractivity contribution in [1.82, 2.24) is 10.2 Å². The van der Waals surface area contributed by atoms with Crippen LogP contribution >= 0.6 is 0 Å². The smallest absolute Gasteiger partial charge is 0.264 e. The van der Waals surface area contributed by atoms with Crippen LogP contribution in [-0.4, -0.2) is 50.9 Å². The maximum atomic E-state index is 14.6. The number of nitrogens with zero attached hydrogens (tertiary/aromatic N) is 2. The predicted molar refractivity (Wildman–Crippen MR) is 182 cm³/mol. The Labute approximate surface area is 273 Å². The summed E-state index contributed by atoms with van der Waals surface area (Å²) in [7, 11) is -2.62. The number of carbonyl (C=O) groups excluding carboxylic acids is 2. The molecular formula is C37H43N3O5S. The van der Waals surface area contributed by atoms with Gasteiger partial charge in [0.1, 0.15) is 18.3 Å². The minimum Gasteiger partial charge on any atom is -0.497 e. The van der Waals surface area contributed by atoms with E-state index in [4.69, 9.17) is 4.74 Å². The van der Waals surface area contributed by atoms with Crippen LogP contribution < -0.4 is 14.4 Å². The van der Waals surface area contributed by atoms with Gasteiger partial charge in [-0.3, -0.25) is 13.9 Å². The van der Waals surface area contributed by atoms with Crippen LogP contribution in [0.2, 0.25) is 0 Å². The standard InChI is InChI=1S/C37H43N3O5S/c1-26(2)38-37(42)35(23-30-11-8-7-9-12-30)39(24-31-13-10-14-32(22-31)45-6)36(41)25-40(34-21-28(4)15-18-29(34)5)46(43,44)33-19-16-27(3)17-20-33/h7-22,26,35H,23-25H2,1-6H3,(H,38,42)/t35-/m0/s1. The van der Waals surface area contributed by atoms with Crippen LogP contribution in [0.4, 0.5) is 5.69 Å². The van der Waals surface area contributed by atoms with E-state index < -0.39 is 28.5 Å². The Bertz CT molecular complexity index is 1760. The molecule has 46 heavy (non-hydrogen) atoms. The Morgan fingerprint density at radius 2 is 1.46 bits per heavy atom. The van der Waals surface area contributed by atoms with Gasteiger partial charge in [-0.15, -0.1) is 0 Å². The summed E-state index contributed by atoms with van der Waals surface area (Å²) in [5, 5.41) is 2.98. The van der Waals surface area contributed by atoms with E-state index in [0.717, 1.165) is 22.3 Å². The van der Waals surface area contributed by atoms with Gasteiger partial charge < -0.3 is 15.0 Å². The average Bonchev–Trinajstić information content (AvgIpc) is 3.03. The molecule has 0 aromatic heterocycles. The van der Waals surface area contributed by atoms with Crippen LogP contribution in [0.1, 0.15) is 41.7 Å². The first kappa shape index (κ1) is 34.2. The number of ether oxygens (including phenoxy) is 1. The molecule has 0 saturated heterocycles. The molecule has 0 spiro atoms. The molecule has 0 saturated carbocycles. The predicted octanol–water partition coefficient (Wildman–Crippen LogP) is 5.98. The lowest BCUT2D eigenvalue weighted by molar-refractivity contribution is -0.140. The van der Waals surface area contributed by atoms with Crippen molar-refractivity contribution < 1.29 is 22.7 Å². The molecule has 8 nitrogen and oxygen atoms in total. The first-order valence-electron chi connectivity index (χ1n) is 15.3. The molecule has 0 radical (unpaired) electrons. The molecule has 0 aliphatic heterocycles. The van der Waals surface area contributed by atoms with Crippen LogP contribution in [0.3, 0.4) is 0 Å². The Morgan fingerprint density at radius 3 is 2.11 bits per heavy atom. The molecule has 0 heterocycles. The van der Waals surface area contributed by atoms with Crippen molar-refractivity contribution >= 4 is 27.5 Å². The number of rotatable bonds is 13. The number of methoxy groups -OCH3 is 1. The normalized spacial score (nSPS) is 12.0. The second-order valence-electron chi connectivity index (χ2n) is 11.9.